The number of hydrogen-bond donors (Lipinski definition) is 0. The summed E-state index contributed by atoms with van der Waals surface area (Å²) in [6.45, 7) is 3.22. The summed E-state index contributed by atoms with van der Waals surface area (Å²) in [6.07, 6.45) is 0.931. The van der Waals surface area contributed by atoms with E-state index in [1.54, 1.807) is 4.90 Å². The van der Waals surface area contributed by atoms with E-state index in [9.17, 15) is 4.79 Å². The van der Waals surface area contributed by atoms with Gasteiger partial charge in [0, 0.05) is 5.56 Å². The zero-order valence-electron chi connectivity index (χ0n) is 11.5. The molecule has 3 rings (SSSR count). The molecule has 1 aliphatic heterocycles. The highest BCUT2D eigenvalue weighted by molar-refractivity contribution is 6.07. The third kappa shape index (κ3) is 2.27. The quantitative estimate of drug-likeness (QED) is 0.835. The van der Waals surface area contributed by atoms with Gasteiger partial charge in [0.2, 0.25) is 0 Å². The monoisotopic (exact) mass is 267 g/mol. The molecule has 1 aliphatic rings. The van der Waals surface area contributed by atoms with Crippen LogP contribution in [0.5, 0.6) is 5.75 Å². The van der Waals surface area contributed by atoms with Crippen LogP contribution >= 0.6 is 0 Å². The highest BCUT2D eigenvalue weighted by Gasteiger charge is 2.24. The number of hydrogen-bond acceptors (Lipinski definition) is 2. The summed E-state index contributed by atoms with van der Waals surface area (Å²) < 4.78 is 5.59. The Labute approximate surface area is 118 Å². The molecule has 0 bridgehead atoms. The van der Waals surface area contributed by atoms with Gasteiger partial charge in [0.05, 0.1) is 12.2 Å². The van der Waals surface area contributed by atoms with Crippen LogP contribution in [0, 0.1) is 0 Å². The minimum atomic E-state index is 0.0380. The molecule has 3 nitrogen and oxygen atoms in total. The molecule has 3 heteroatoms. The van der Waals surface area contributed by atoms with E-state index in [2.05, 4.69) is 6.92 Å². The van der Waals surface area contributed by atoms with Crippen molar-refractivity contribution in [3.8, 4) is 5.75 Å². The summed E-state index contributed by atoms with van der Waals surface area (Å²) in [5.41, 5.74) is 2.77. The minimum Gasteiger partial charge on any atom is -0.490 e. The lowest BCUT2D eigenvalue weighted by Gasteiger charge is -2.29. The minimum absolute atomic E-state index is 0.0380. The number of fused-ring (bicyclic) bond motifs is 1. The van der Waals surface area contributed by atoms with Gasteiger partial charge in [0.1, 0.15) is 12.4 Å². The summed E-state index contributed by atoms with van der Waals surface area (Å²) in [7, 11) is 0. The Hall–Kier alpha value is -2.29. The molecule has 2 aromatic carbocycles. The van der Waals surface area contributed by atoms with Crippen molar-refractivity contribution in [1.29, 1.82) is 0 Å². The molecule has 0 spiro atoms. The van der Waals surface area contributed by atoms with Gasteiger partial charge in [-0.3, -0.25) is 4.79 Å². The number of ether oxygens (including phenoxy) is 1. The van der Waals surface area contributed by atoms with Gasteiger partial charge >= 0.3 is 0 Å². The molecule has 102 valence electrons. The van der Waals surface area contributed by atoms with Crippen LogP contribution in [0.4, 0.5) is 5.69 Å². The van der Waals surface area contributed by atoms with Crippen molar-refractivity contribution in [3.05, 3.63) is 59.7 Å². The van der Waals surface area contributed by atoms with Gasteiger partial charge < -0.3 is 9.64 Å². The second kappa shape index (κ2) is 5.37. The molecule has 0 radical (unpaired) electrons. The number of nitrogens with zero attached hydrogens (tertiary/aromatic N) is 1. The average molecular weight is 267 g/mol. The van der Waals surface area contributed by atoms with Crippen molar-refractivity contribution < 1.29 is 9.53 Å². The van der Waals surface area contributed by atoms with Gasteiger partial charge in [-0.25, -0.2) is 0 Å². The molecule has 0 N–H and O–H groups in total. The number of benzene rings is 2. The van der Waals surface area contributed by atoms with E-state index in [0.29, 0.717) is 13.2 Å². The molecule has 1 amide bonds. The van der Waals surface area contributed by atoms with Crippen molar-refractivity contribution in [3.63, 3.8) is 0 Å². The van der Waals surface area contributed by atoms with Gasteiger partial charge in [0.25, 0.3) is 5.91 Å². The van der Waals surface area contributed by atoms with Gasteiger partial charge in [-0.15, -0.1) is 0 Å². The molecular weight excluding hydrogens is 250 g/mol. The molecular formula is C17H17NO2. The first-order valence-electron chi connectivity index (χ1n) is 6.92. The molecule has 0 unspecified atom stereocenters. The van der Waals surface area contributed by atoms with E-state index in [4.69, 9.17) is 4.74 Å². The number of amides is 1. The molecule has 2 aromatic rings. The lowest BCUT2D eigenvalue weighted by atomic mass is 10.1. The largest absolute Gasteiger partial charge is 0.490 e. The molecule has 1 heterocycles. The van der Waals surface area contributed by atoms with Crippen LogP contribution in [0.1, 0.15) is 22.8 Å². The molecule has 20 heavy (non-hydrogen) atoms. The first-order chi connectivity index (χ1) is 9.79. The molecule has 0 aliphatic carbocycles. The average Bonchev–Trinajstić information content (AvgIpc) is 2.53. The summed E-state index contributed by atoms with van der Waals surface area (Å²) in [4.78, 5) is 14.5. The van der Waals surface area contributed by atoms with Gasteiger partial charge in [-0.1, -0.05) is 31.2 Å². The molecule has 0 saturated carbocycles. The number of carbonyl (C=O) groups is 1. The summed E-state index contributed by atoms with van der Waals surface area (Å²) in [5.74, 6) is 0.815. The third-order valence-electron chi connectivity index (χ3n) is 3.56. The highest BCUT2D eigenvalue weighted by Crippen LogP contribution is 2.31. The van der Waals surface area contributed by atoms with Gasteiger partial charge in [-0.05, 0) is 36.2 Å². The van der Waals surface area contributed by atoms with E-state index in [0.717, 1.165) is 23.4 Å². The lowest BCUT2D eigenvalue weighted by molar-refractivity contribution is 0.0976. The maximum Gasteiger partial charge on any atom is 0.258 e. The predicted octanol–water partition coefficient (Wildman–Crippen LogP) is 3.29. The van der Waals surface area contributed by atoms with E-state index in [-0.39, 0.29) is 5.91 Å². The van der Waals surface area contributed by atoms with Gasteiger partial charge in [0.15, 0.2) is 0 Å². The Morgan fingerprint density at radius 2 is 2.05 bits per heavy atom. The van der Waals surface area contributed by atoms with Crippen LogP contribution in [-0.4, -0.2) is 19.1 Å². The number of rotatable bonds is 2. The molecule has 0 fully saturated rings. The normalized spacial score (nSPS) is 13.6. The molecule has 0 atom stereocenters. The third-order valence-corrected chi connectivity index (χ3v) is 3.56. The number of para-hydroxylation sites is 2. The van der Waals surface area contributed by atoms with Crippen LogP contribution in [0.2, 0.25) is 0 Å². The zero-order chi connectivity index (χ0) is 13.9. The van der Waals surface area contributed by atoms with Gasteiger partial charge in [-0.2, -0.15) is 0 Å². The fourth-order valence-electron chi connectivity index (χ4n) is 2.46. The Bertz CT molecular complexity index is 636. The maximum absolute atomic E-state index is 12.7. The fourth-order valence-corrected chi connectivity index (χ4v) is 2.46. The lowest BCUT2D eigenvalue weighted by Crippen LogP contribution is -2.37. The van der Waals surface area contributed by atoms with E-state index >= 15 is 0 Å². The van der Waals surface area contributed by atoms with Crippen LogP contribution in [-0.2, 0) is 6.42 Å². The topological polar surface area (TPSA) is 29.5 Å². The zero-order valence-corrected chi connectivity index (χ0v) is 11.5. The summed E-state index contributed by atoms with van der Waals surface area (Å²) in [5, 5.41) is 0. The smallest absolute Gasteiger partial charge is 0.258 e. The Morgan fingerprint density at radius 1 is 1.20 bits per heavy atom. The first kappa shape index (κ1) is 12.7. The Balaban J connectivity index is 1.95. The van der Waals surface area contributed by atoms with Crippen LogP contribution < -0.4 is 9.64 Å². The van der Waals surface area contributed by atoms with Crippen LogP contribution in [0.15, 0.2) is 48.5 Å². The fraction of sp³-hybridized carbons (Fsp3) is 0.235. The number of anilines is 1. The van der Waals surface area contributed by atoms with Crippen molar-refractivity contribution in [2.75, 3.05) is 18.1 Å². The van der Waals surface area contributed by atoms with Crippen molar-refractivity contribution >= 4 is 11.6 Å². The van der Waals surface area contributed by atoms with E-state index in [1.807, 2.05) is 48.5 Å². The maximum atomic E-state index is 12.7. The molecule has 0 saturated heterocycles. The van der Waals surface area contributed by atoms with Crippen molar-refractivity contribution in [2.24, 2.45) is 0 Å². The second-order valence-electron chi connectivity index (χ2n) is 4.83. The van der Waals surface area contributed by atoms with E-state index in [1.165, 1.54) is 5.56 Å². The standard InChI is InChI=1S/C17H17NO2/c1-2-13-6-5-7-14(12-13)17(19)18-10-11-20-16-9-4-3-8-15(16)18/h3-9,12H,2,10-11H2,1H3. The SMILES string of the molecule is CCc1cccc(C(=O)N2CCOc3ccccc32)c1. The highest BCUT2D eigenvalue weighted by atomic mass is 16.5. The number of carbonyl (C=O) groups excluding carboxylic acids is 1. The summed E-state index contributed by atoms with van der Waals surface area (Å²) >= 11 is 0. The van der Waals surface area contributed by atoms with Crippen molar-refractivity contribution in [2.45, 2.75) is 13.3 Å². The van der Waals surface area contributed by atoms with Crippen molar-refractivity contribution in [1.82, 2.24) is 0 Å². The van der Waals surface area contributed by atoms with Crippen LogP contribution in [0.25, 0.3) is 0 Å². The predicted molar refractivity (Wildman–Crippen MR) is 79.4 cm³/mol. The summed E-state index contributed by atoms with van der Waals surface area (Å²) in [6, 6.07) is 15.5. The Morgan fingerprint density at radius 3 is 2.90 bits per heavy atom. The number of aryl methyl sites for hydroxylation is 1. The first-order valence-corrected chi connectivity index (χ1v) is 6.92. The molecule has 0 aromatic heterocycles. The Kier molecular flexibility index (Phi) is 3.42. The van der Waals surface area contributed by atoms with Crippen LogP contribution in [0.3, 0.4) is 0 Å². The second-order valence-corrected chi connectivity index (χ2v) is 4.83. The van der Waals surface area contributed by atoms with E-state index < -0.39 is 0 Å².